The van der Waals surface area contributed by atoms with Crippen LogP contribution in [0.3, 0.4) is 0 Å². The predicted molar refractivity (Wildman–Crippen MR) is 154 cm³/mol. The molecule has 0 aliphatic rings. The number of rotatable bonds is 10. The second kappa shape index (κ2) is 12.3. The monoisotopic (exact) mass is 556 g/mol. The van der Waals surface area contributed by atoms with Gasteiger partial charge in [-0.15, -0.1) is 0 Å². The zero-order chi connectivity index (χ0) is 28.1. The first-order chi connectivity index (χ1) is 17.9. The van der Waals surface area contributed by atoms with Crippen molar-refractivity contribution in [2.24, 2.45) is 11.7 Å². The van der Waals surface area contributed by atoms with Crippen molar-refractivity contribution in [2.45, 2.75) is 33.2 Å². The molecule has 0 aliphatic carbocycles. The minimum Gasteiger partial charge on any atom is -0.395 e. The summed E-state index contributed by atoms with van der Waals surface area (Å²) in [6.07, 6.45) is 0.770. The van der Waals surface area contributed by atoms with Gasteiger partial charge in [0.15, 0.2) is 5.69 Å². The van der Waals surface area contributed by atoms with Crippen LogP contribution in [0.4, 0.5) is 17.1 Å². The van der Waals surface area contributed by atoms with Gasteiger partial charge in [-0.2, -0.15) is 4.37 Å². The summed E-state index contributed by atoms with van der Waals surface area (Å²) < 4.78 is 3.98. The maximum absolute atomic E-state index is 14.1. The Morgan fingerprint density at radius 2 is 1.71 bits per heavy atom. The number of aromatic nitrogens is 1. The molecule has 5 N–H and O–H groups in total. The molecule has 0 aliphatic heterocycles. The Balaban J connectivity index is 2.20. The van der Waals surface area contributed by atoms with E-state index in [1.54, 1.807) is 18.2 Å². The Labute approximate surface area is 231 Å². The van der Waals surface area contributed by atoms with Crippen LogP contribution >= 0.6 is 23.1 Å². The fraction of sp³-hybridized carbons (Fsp3) is 0.333. The third kappa shape index (κ3) is 6.43. The first kappa shape index (κ1) is 28.9. The molecule has 2 aromatic carbocycles. The summed E-state index contributed by atoms with van der Waals surface area (Å²) in [5.41, 5.74) is 13.9. The highest BCUT2D eigenvalue weighted by Gasteiger charge is 2.36. The lowest BCUT2D eigenvalue weighted by molar-refractivity contribution is -0.122. The molecule has 38 heavy (non-hydrogen) atoms. The van der Waals surface area contributed by atoms with Crippen molar-refractivity contribution in [1.29, 1.82) is 0 Å². The molecule has 202 valence electrons. The Bertz CT molecular complexity index is 1320. The molecule has 1 heterocycles. The number of hydrogen-bond acceptors (Lipinski definition) is 7. The van der Waals surface area contributed by atoms with E-state index in [9.17, 15) is 14.4 Å². The summed E-state index contributed by atoms with van der Waals surface area (Å²) in [6.45, 7) is 6.41. The molecule has 0 unspecified atom stereocenters. The smallest absolute Gasteiger partial charge is 0.273 e. The van der Waals surface area contributed by atoms with Crippen molar-refractivity contribution in [3.05, 3.63) is 69.2 Å². The maximum Gasteiger partial charge on any atom is 0.273 e. The second-order valence-corrected chi connectivity index (χ2v) is 10.8. The van der Waals surface area contributed by atoms with Crippen molar-refractivity contribution in [2.75, 3.05) is 36.2 Å². The van der Waals surface area contributed by atoms with Crippen LogP contribution in [0.1, 0.15) is 57.6 Å². The first-order valence-corrected chi connectivity index (χ1v) is 13.3. The van der Waals surface area contributed by atoms with Crippen LogP contribution in [-0.2, 0) is 4.79 Å². The summed E-state index contributed by atoms with van der Waals surface area (Å²) >= 11 is 7.21. The van der Waals surface area contributed by atoms with Gasteiger partial charge in [-0.25, -0.2) is 0 Å². The predicted octanol–water partition coefficient (Wildman–Crippen LogP) is 4.40. The summed E-state index contributed by atoms with van der Waals surface area (Å²) in [4.78, 5) is 42.9. The Kier molecular flexibility index (Phi) is 9.35. The van der Waals surface area contributed by atoms with E-state index in [2.05, 4.69) is 23.5 Å². The third-order valence-electron chi connectivity index (χ3n) is 6.06. The van der Waals surface area contributed by atoms with Gasteiger partial charge in [-0.05, 0) is 66.2 Å². The molecule has 0 saturated carbocycles. The zero-order valence-corrected chi connectivity index (χ0v) is 23.7. The molecule has 0 saturated heterocycles. The third-order valence-corrected chi connectivity index (χ3v) is 7.32. The van der Waals surface area contributed by atoms with Gasteiger partial charge in [0.25, 0.3) is 11.8 Å². The highest BCUT2D eigenvalue weighted by atomic mass is 35.5. The second-order valence-electron chi connectivity index (χ2n) is 9.61. The van der Waals surface area contributed by atoms with E-state index in [4.69, 9.17) is 23.1 Å². The molecule has 3 amide bonds. The highest BCUT2D eigenvalue weighted by Crippen LogP contribution is 2.35. The number of aryl methyl sites for hydroxylation is 1. The molecule has 3 aromatic rings. The summed E-state index contributed by atoms with van der Waals surface area (Å²) in [6, 6.07) is 11.4. The van der Waals surface area contributed by atoms with Crippen LogP contribution in [0.2, 0.25) is 5.02 Å². The van der Waals surface area contributed by atoms with Crippen LogP contribution in [-0.4, -0.2) is 42.7 Å². The van der Waals surface area contributed by atoms with E-state index in [1.165, 1.54) is 4.90 Å². The number of nitrogens with two attached hydrogens (primary N) is 2. The van der Waals surface area contributed by atoms with Crippen molar-refractivity contribution in [3.63, 3.8) is 0 Å². The number of benzene rings is 2. The molecule has 0 radical (unpaired) electrons. The highest BCUT2D eigenvalue weighted by molar-refractivity contribution is 7.09. The number of carbonyl (C=O) groups is 3. The number of amides is 3. The summed E-state index contributed by atoms with van der Waals surface area (Å²) in [5.74, 6) is -1.43. The quantitative estimate of drug-likeness (QED) is 0.339. The van der Waals surface area contributed by atoms with Gasteiger partial charge in [0, 0.05) is 37.0 Å². The summed E-state index contributed by atoms with van der Waals surface area (Å²) in [7, 11) is 3.83. The summed E-state index contributed by atoms with van der Waals surface area (Å²) in [5, 5.41) is 3.40. The SMILES string of the molecule is Cc1ccc(N(C(=O)c2snc(C(N)=O)c2N)[C@H](C(=O)NCCC(C)C)c2ccc(N(C)C)cc2)cc1Cl. The fourth-order valence-corrected chi connectivity index (χ4v) is 4.72. The number of nitrogens with zero attached hydrogens (tertiary/aromatic N) is 3. The normalized spacial score (nSPS) is 11.8. The van der Waals surface area contributed by atoms with Gasteiger partial charge in [-0.1, -0.05) is 43.6 Å². The van der Waals surface area contributed by atoms with Gasteiger partial charge in [0.2, 0.25) is 5.91 Å². The van der Waals surface area contributed by atoms with Crippen molar-refractivity contribution < 1.29 is 14.4 Å². The number of hydrogen-bond donors (Lipinski definition) is 3. The molecule has 9 nitrogen and oxygen atoms in total. The van der Waals surface area contributed by atoms with Crippen LogP contribution in [0, 0.1) is 12.8 Å². The lowest BCUT2D eigenvalue weighted by atomic mass is 10.0. The van der Waals surface area contributed by atoms with Gasteiger partial charge < -0.3 is 21.7 Å². The topological polar surface area (TPSA) is 135 Å². The lowest BCUT2D eigenvalue weighted by Gasteiger charge is -2.32. The molecular weight excluding hydrogens is 524 g/mol. The van der Waals surface area contributed by atoms with Gasteiger partial charge in [-0.3, -0.25) is 19.3 Å². The number of primary amides is 1. The minimum absolute atomic E-state index is 0.000361. The standard InChI is InChI=1S/C27H33ClN6O3S/c1-15(2)12-13-31-26(36)23(17-7-10-18(11-8-17)33(4)5)34(19-9-6-16(3)20(28)14-19)27(37)24-21(29)22(25(30)35)32-38-24/h6-11,14-15,23H,12-13,29H2,1-5H3,(H2,30,35)(H,31,36)/t23-/m0/s1. The van der Waals surface area contributed by atoms with Crippen LogP contribution in [0.5, 0.6) is 0 Å². The average molecular weight is 557 g/mol. The Morgan fingerprint density at radius 1 is 1.08 bits per heavy atom. The van der Waals surface area contributed by atoms with Crippen LogP contribution in [0.15, 0.2) is 42.5 Å². The van der Waals surface area contributed by atoms with Crippen molar-refractivity contribution >= 4 is 57.9 Å². The fourth-order valence-electron chi connectivity index (χ4n) is 3.81. The van der Waals surface area contributed by atoms with Crippen LogP contribution < -0.4 is 26.6 Å². The minimum atomic E-state index is -1.07. The van der Waals surface area contributed by atoms with Crippen LogP contribution in [0.25, 0.3) is 0 Å². The van der Waals surface area contributed by atoms with Gasteiger partial charge in [0.1, 0.15) is 10.9 Å². The Morgan fingerprint density at radius 3 is 2.24 bits per heavy atom. The lowest BCUT2D eigenvalue weighted by Crippen LogP contribution is -2.44. The van der Waals surface area contributed by atoms with Crippen molar-refractivity contribution in [1.82, 2.24) is 9.69 Å². The van der Waals surface area contributed by atoms with Gasteiger partial charge in [0.05, 0.1) is 5.69 Å². The zero-order valence-electron chi connectivity index (χ0n) is 22.1. The molecule has 11 heteroatoms. The van der Waals surface area contributed by atoms with E-state index in [-0.39, 0.29) is 22.2 Å². The van der Waals surface area contributed by atoms with E-state index >= 15 is 0 Å². The molecule has 0 bridgehead atoms. The number of nitrogens with one attached hydrogen (secondary N) is 1. The molecule has 3 rings (SSSR count). The largest absolute Gasteiger partial charge is 0.395 e. The number of nitrogen functional groups attached to an aromatic ring is 1. The Hall–Kier alpha value is -3.63. The maximum atomic E-state index is 14.1. The van der Waals surface area contributed by atoms with E-state index in [1.807, 2.05) is 50.2 Å². The van der Waals surface area contributed by atoms with Gasteiger partial charge >= 0.3 is 0 Å². The molecule has 1 atom stereocenters. The van der Waals surface area contributed by atoms with E-state index < -0.39 is 17.9 Å². The van der Waals surface area contributed by atoms with E-state index in [0.717, 1.165) is 29.2 Å². The molecule has 1 aromatic heterocycles. The number of carbonyl (C=O) groups excluding carboxylic acids is 3. The average Bonchev–Trinajstić information content (AvgIpc) is 3.25. The molecular formula is C27H33ClN6O3S. The van der Waals surface area contributed by atoms with Crippen molar-refractivity contribution in [3.8, 4) is 0 Å². The first-order valence-electron chi connectivity index (χ1n) is 12.1. The molecule has 0 fully saturated rings. The number of halogens is 1. The molecule has 0 spiro atoms. The van der Waals surface area contributed by atoms with E-state index in [0.29, 0.717) is 28.7 Å². The number of anilines is 3.